The van der Waals surface area contributed by atoms with Gasteiger partial charge in [-0.25, -0.2) is 4.98 Å². The van der Waals surface area contributed by atoms with E-state index in [4.69, 9.17) is 16.6 Å². The summed E-state index contributed by atoms with van der Waals surface area (Å²) >= 11 is 5.88. The van der Waals surface area contributed by atoms with Gasteiger partial charge in [-0.1, -0.05) is 25.8 Å². The molecule has 1 fully saturated rings. The number of anilines is 1. The van der Waals surface area contributed by atoms with E-state index in [2.05, 4.69) is 31.0 Å². The number of rotatable bonds is 3. The SMILES string of the molecule is Cc1nc(N(C)C2CCCCC2C)ccc1CCl. The van der Waals surface area contributed by atoms with Crippen molar-refractivity contribution in [2.45, 2.75) is 51.5 Å². The van der Waals surface area contributed by atoms with Gasteiger partial charge in [-0.2, -0.15) is 0 Å². The molecule has 1 aromatic heterocycles. The van der Waals surface area contributed by atoms with Crippen LogP contribution in [-0.2, 0) is 5.88 Å². The Bertz CT molecular complexity index is 405. The van der Waals surface area contributed by atoms with Gasteiger partial charge in [0.2, 0.25) is 0 Å². The molecular formula is C15H23ClN2. The fraction of sp³-hybridized carbons (Fsp3) is 0.667. The Kier molecular flexibility index (Phi) is 4.50. The third-order valence-corrected chi connectivity index (χ3v) is 4.54. The first-order chi connectivity index (χ1) is 8.63. The summed E-state index contributed by atoms with van der Waals surface area (Å²) in [5, 5.41) is 0. The Morgan fingerprint density at radius 1 is 1.33 bits per heavy atom. The number of hydrogen-bond acceptors (Lipinski definition) is 2. The van der Waals surface area contributed by atoms with E-state index in [0.717, 1.165) is 23.0 Å². The molecule has 2 atom stereocenters. The molecule has 2 nitrogen and oxygen atoms in total. The third-order valence-electron chi connectivity index (χ3n) is 4.25. The molecule has 2 rings (SSSR count). The average Bonchev–Trinajstić information content (AvgIpc) is 2.38. The average molecular weight is 267 g/mol. The lowest BCUT2D eigenvalue weighted by molar-refractivity contribution is 0.320. The number of pyridine rings is 1. The van der Waals surface area contributed by atoms with Crippen molar-refractivity contribution in [3.8, 4) is 0 Å². The molecule has 3 heteroatoms. The quantitative estimate of drug-likeness (QED) is 0.765. The second-order valence-corrected chi connectivity index (χ2v) is 5.75. The van der Waals surface area contributed by atoms with Crippen molar-refractivity contribution in [2.24, 2.45) is 5.92 Å². The van der Waals surface area contributed by atoms with Gasteiger partial charge in [0, 0.05) is 24.7 Å². The van der Waals surface area contributed by atoms with E-state index in [1.54, 1.807) is 0 Å². The van der Waals surface area contributed by atoms with Gasteiger partial charge >= 0.3 is 0 Å². The monoisotopic (exact) mass is 266 g/mol. The Morgan fingerprint density at radius 3 is 2.67 bits per heavy atom. The first-order valence-electron chi connectivity index (χ1n) is 6.88. The molecule has 1 heterocycles. The highest BCUT2D eigenvalue weighted by Crippen LogP contribution is 2.30. The molecule has 2 unspecified atom stereocenters. The van der Waals surface area contributed by atoms with Crippen molar-refractivity contribution < 1.29 is 0 Å². The van der Waals surface area contributed by atoms with Crippen LogP contribution < -0.4 is 4.90 Å². The molecule has 1 aromatic rings. The zero-order valence-corrected chi connectivity index (χ0v) is 12.4. The highest BCUT2D eigenvalue weighted by molar-refractivity contribution is 6.17. The largest absolute Gasteiger partial charge is 0.356 e. The van der Waals surface area contributed by atoms with Crippen molar-refractivity contribution in [1.82, 2.24) is 4.98 Å². The van der Waals surface area contributed by atoms with Crippen LogP contribution in [0, 0.1) is 12.8 Å². The van der Waals surface area contributed by atoms with Crippen molar-refractivity contribution in [1.29, 1.82) is 0 Å². The summed E-state index contributed by atoms with van der Waals surface area (Å²) in [6.07, 6.45) is 5.35. The summed E-state index contributed by atoms with van der Waals surface area (Å²) in [5.41, 5.74) is 2.18. The van der Waals surface area contributed by atoms with E-state index < -0.39 is 0 Å². The molecular weight excluding hydrogens is 244 g/mol. The van der Waals surface area contributed by atoms with Crippen LogP contribution in [0.4, 0.5) is 5.82 Å². The zero-order chi connectivity index (χ0) is 13.1. The van der Waals surface area contributed by atoms with Crippen LogP contribution in [0.25, 0.3) is 0 Å². The Labute approximate surface area is 115 Å². The second kappa shape index (κ2) is 5.92. The minimum atomic E-state index is 0.544. The number of aromatic nitrogens is 1. The molecule has 0 N–H and O–H groups in total. The maximum atomic E-state index is 5.88. The summed E-state index contributed by atoms with van der Waals surface area (Å²) < 4.78 is 0. The molecule has 1 saturated carbocycles. The van der Waals surface area contributed by atoms with Crippen molar-refractivity contribution in [2.75, 3.05) is 11.9 Å². The number of aryl methyl sites for hydroxylation is 1. The van der Waals surface area contributed by atoms with Crippen molar-refractivity contribution in [3.05, 3.63) is 23.4 Å². The van der Waals surface area contributed by atoms with Crippen LogP contribution in [0.2, 0.25) is 0 Å². The highest BCUT2D eigenvalue weighted by Gasteiger charge is 2.25. The van der Waals surface area contributed by atoms with Crippen LogP contribution >= 0.6 is 11.6 Å². The Hall–Kier alpha value is -0.760. The van der Waals surface area contributed by atoms with E-state index in [-0.39, 0.29) is 0 Å². The van der Waals surface area contributed by atoms with Crippen molar-refractivity contribution >= 4 is 17.4 Å². The van der Waals surface area contributed by atoms with E-state index in [1.807, 2.05) is 6.92 Å². The number of halogens is 1. The fourth-order valence-corrected chi connectivity index (χ4v) is 3.24. The molecule has 0 aromatic carbocycles. The topological polar surface area (TPSA) is 16.1 Å². The lowest BCUT2D eigenvalue weighted by Crippen LogP contribution is -2.39. The zero-order valence-electron chi connectivity index (χ0n) is 11.6. The van der Waals surface area contributed by atoms with Gasteiger partial charge in [-0.15, -0.1) is 11.6 Å². The number of alkyl halides is 1. The molecule has 0 spiro atoms. The summed E-state index contributed by atoms with van der Waals surface area (Å²) in [4.78, 5) is 7.05. The lowest BCUT2D eigenvalue weighted by Gasteiger charge is -2.37. The molecule has 18 heavy (non-hydrogen) atoms. The van der Waals surface area contributed by atoms with Gasteiger partial charge in [0.15, 0.2) is 0 Å². The summed E-state index contributed by atoms with van der Waals surface area (Å²) in [5.74, 6) is 2.39. The standard InChI is InChI=1S/C15H23ClN2/c1-11-6-4-5-7-14(11)18(3)15-9-8-13(10-16)12(2)17-15/h8-9,11,14H,4-7,10H2,1-3H3. The summed E-state index contributed by atoms with van der Waals surface area (Å²) in [6.45, 7) is 4.40. The van der Waals surface area contributed by atoms with Crippen LogP contribution in [0.3, 0.4) is 0 Å². The molecule has 100 valence electrons. The van der Waals surface area contributed by atoms with Crippen molar-refractivity contribution in [3.63, 3.8) is 0 Å². The van der Waals surface area contributed by atoms with Gasteiger partial charge in [0.1, 0.15) is 5.82 Å². The van der Waals surface area contributed by atoms with Gasteiger partial charge in [0.25, 0.3) is 0 Å². The van der Waals surface area contributed by atoms with Gasteiger partial charge < -0.3 is 4.90 Å². The molecule has 0 aliphatic heterocycles. The van der Waals surface area contributed by atoms with E-state index in [9.17, 15) is 0 Å². The fourth-order valence-electron chi connectivity index (χ4n) is 2.96. The molecule has 1 aliphatic rings. The minimum absolute atomic E-state index is 0.544. The Balaban J connectivity index is 2.17. The van der Waals surface area contributed by atoms with Gasteiger partial charge in [-0.05, 0) is 37.3 Å². The maximum Gasteiger partial charge on any atom is 0.128 e. The van der Waals surface area contributed by atoms with Crippen LogP contribution in [0.5, 0.6) is 0 Å². The van der Waals surface area contributed by atoms with Crippen LogP contribution in [0.1, 0.15) is 43.9 Å². The van der Waals surface area contributed by atoms with Gasteiger partial charge in [-0.3, -0.25) is 0 Å². The predicted molar refractivity (Wildman–Crippen MR) is 78.4 cm³/mol. The predicted octanol–water partition coefficient (Wildman–Crippen LogP) is 4.14. The minimum Gasteiger partial charge on any atom is -0.356 e. The molecule has 1 aliphatic carbocycles. The molecule has 0 radical (unpaired) electrons. The van der Waals surface area contributed by atoms with E-state index >= 15 is 0 Å². The van der Waals surface area contributed by atoms with Gasteiger partial charge in [0.05, 0.1) is 0 Å². The molecule has 0 amide bonds. The first-order valence-corrected chi connectivity index (χ1v) is 7.42. The Morgan fingerprint density at radius 2 is 2.06 bits per heavy atom. The normalized spacial score (nSPS) is 24.0. The third kappa shape index (κ3) is 2.80. The van der Waals surface area contributed by atoms with E-state index in [0.29, 0.717) is 11.9 Å². The maximum absolute atomic E-state index is 5.88. The number of hydrogen-bond donors (Lipinski definition) is 0. The lowest BCUT2D eigenvalue weighted by atomic mass is 9.85. The van der Waals surface area contributed by atoms with Crippen LogP contribution in [0.15, 0.2) is 12.1 Å². The summed E-state index contributed by atoms with van der Waals surface area (Å²) in [7, 11) is 2.18. The molecule has 0 saturated heterocycles. The first kappa shape index (κ1) is 13.7. The number of nitrogens with zero attached hydrogens (tertiary/aromatic N) is 2. The molecule has 0 bridgehead atoms. The smallest absolute Gasteiger partial charge is 0.128 e. The second-order valence-electron chi connectivity index (χ2n) is 5.49. The van der Waals surface area contributed by atoms with E-state index in [1.165, 1.54) is 25.7 Å². The highest BCUT2D eigenvalue weighted by atomic mass is 35.5. The van der Waals surface area contributed by atoms with Crippen LogP contribution in [-0.4, -0.2) is 18.1 Å². The summed E-state index contributed by atoms with van der Waals surface area (Å²) in [6, 6.07) is 4.84.